The highest BCUT2D eigenvalue weighted by Gasteiger charge is 2.27. The van der Waals surface area contributed by atoms with Gasteiger partial charge in [-0.25, -0.2) is 4.57 Å². The lowest BCUT2D eigenvalue weighted by Crippen LogP contribution is -2.37. The summed E-state index contributed by atoms with van der Waals surface area (Å²) in [6.07, 6.45) is 47.4. The summed E-state index contributed by atoms with van der Waals surface area (Å²) in [5, 5.41) is 0. The van der Waals surface area contributed by atoms with Crippen LogP contribution >= 0.6 is 7.82 Å². The van der Waals surface area contributed by atoms with Crippen molar-refractivity contribution >= 4 is 19.8 Å². The summed E-state index contributed by atoms with van der Waals surface area (Å²) in [4.78, 5) is 35.1. The fraction of sp³-hybridized carbons (Fsp3) is 0.745. The fourth-order valence-corrected chi connectivity index (χ4v) is 6.55. The molecule has 0 bridgehead atoms. The van der Waals surface area contributed by atoms with E-state index in [4.69, 9.17) is 18.5 Å². The zero-order chi connectivity index (χ0) is 42.1. The van der Waals surface area contributed by atoms with Gasteiger partial charge in [-0.3, -0.25) is 18.6 Å². The number of carbonyl (C=O) groups is 2. The van der Waals surface area contributed by atoms with Gasteiger partial charge in [0.2, 0.25) is 0 Å². The molecule has 0 radical (unpaired) electrons. The molecule has 10 heteroatoms. The van der Waals surface area contributed by atoms with E-state index >= 15 is 0 Å². The van der Waals surface area contributed by atoms with Gasteiger partial charge in [-0.05, 0) is 57.8 Å². The summed E-state index contributed by atoms with van der Waals surface area (Å²) < 4.78 is 34.1. The Morgan fingerprint density at radius 3 is 1.49 bits per heavy atom. The van der Waals surface area contributed by atoms with Crippen LogP contribution in [0.5, 0.6) is 0 Å². The van der Waals surface area contributed by atoms with Crippen LogP contribution in [0.15, 0.2) is 60.8 Å². The smallest absolute Gasteiger partial charge is 0.462 e. The molecule has 0 saturated carbocycles. The van der Waals surface area contributed by atoms with Crippen LogP contribution < -0.4 is 0 Å². The second kappa shape index (κ2) is 39.2. The topological polar surface area (TPSA) is 108 Å². The van der Waals surface area contributed by atoms with Crippen LogP contribution in [0.25, 0.3) is 0 Å². The molecular formula is C47H85NO8P+. The van der Waals surface area contributed by atoms with Crippen LogP contribution in [0.2, 0.25) is 0 Å². The summed E-state index contributed by atoms with van der Waals surface area (Å²) in [6.45, 7) is 4.23. The normalized spacial score (nSPS) is 14.1. The lowest BCUT2D eigenvalue weighted by Gasteiger charge is -2.24. The SMILES string of the molecule is CC/C=C\C/C=C\C/C=C\C/C=C\C/C=C\CCCCCCCCCCCCCC(=O)OC(COC(=O)CCCCCCCC)COP(=O)(O)OCC[N+](C)(C)C. The number of ether oxygens (including phenoxy) is 2. The largest absolute Gasteiger partial charge is 0.472 e. The quantitative estimate of drug-likeness (QED) is 0.0214. The van der Waals surface area contributed by atoms with Crippen molar-refractivity contribution in [2.24, 2.45) is 0 Å². The number of phosphoric acid groups is 1. The maximum atomic E-state index is 12.7. The monoisotopic (exact) mass is 823 g/mol. The summed E-state index contributed by atoms with van der Waals surface area (Å²) >= 11 is 0. The molecule has 2 unspecified atom stereocenters. The van der Waals surface area contributed by atoms with Crippen LogP contribution in [0, 0.1) is 0 Å². The Morgan fingerprint density at radius 2 is 1.00 bits per heavy atom. The van der Waals surface area contributed by atoms with E-state index in [0.717, 1.165) is 77.0 Å². The van der Waals surface area contributed by atoms with Crippen molar-refractivity contribution in [3.63, 3.8) is 0 Å². The van der Waals surface area contributed by atoms with E-state index in [0.29, 0.717) is 17.4 Å². The Kier molecular flexibility index (Phi) is 37.6. The molecule has 0 amide bonds. The van der Waals surface area contributed by atoms with Gasteiger partial charge in [0.15, 0.2) is 6.10 Å². The number of nitrogens with zero attached hydrogens (tertiary/aromatic N) is 1. The van der Waals surface area contributed by atoms with Gasteiger partial charge in [0.25, 0.3) is 0 Å². The molecule has 57 heavy (non-hydrogen) atoms. The van der Waals surface area contributed by atoms with Crippen molar-refractivity contribution in [1.82, 2.24) is 0 Å². The first-order valence-corrected chi connectivity index (χ1v) is 24.0. The molecule has 0 aromatic rings. The zero-order valence-corrected chi connectivity index (χ0v) is 38.0. The lowest BCUT2D eigenvalue weighted by molar-refractivity contribution is -0.870. The zero-order valence-electron chi connectivity index (χ0n) is 37.1. The van der Waals surface area contributed by atoms with Gasteiger partial charge in [-0.2, -0.15) is 0 Å². The van der Waals surface area contributed by atoms with Gasteiger partial charge in [-0.1, -0.05) is 164 Å². The van der Waals surface area contributed by atoms with Crippen LogP contribution in [0.4, 0.5) is 0 Å². The predicted molar refractivity (Wildman–Crippen MR) is 238 cm³/mol. The van der Waals surface area contributed by atoms with E-state index in [1.54, 1.807) is 0 Å². The van der Waals surface area contributed by atoms with Crippen LogP contribution in [-0.4, -0.2) is 74.9 Å². The number of esters is 2. The molecule has 0 spiro atoms. The van der Waals surface area contributed by atoms with Gasteiger partial charge in [-0.15, -0.1) is 0 Å². The number of allylic oxidation sites excluding steroid dienone is 10. The van der Waals surface area contributed by atoms with Gasteiger partial charge >= 0.3 is 19.8 Å². The maximum Gasteiger partial charge on any atom is 0.472 e. The summed E-state index contributed by atoms with van der Waals surface area (Å²) in [5.41, 5.74) is 0. The Morgan fingerprint density at radius 1 is 0.561 bits per heavy atom. The highest BCUT2D eigenvalue weighted by atomic mass is 31.2. The summed E-state index contributed by atoms with van der Waals surface area (Å²) in [6, 6.07) is 0. The van der Waals surface area contributed by atoms with E-state index in [1.807, 2.05) is 21.1 Å². The molecule has 330 valence electrons. The number of carbonyl (C=O) groups excluding carboxylic acids is 2. The second-order valence-electron chi connectivity index (χ2n) is 16.1. The third kappa shape index (κ3) is 43.1. The molecule has 2 atom stereocenters. The minimum Gasteiger partial charge on any atom is -0.462 e. The molecule has 0 aromatic heterocycles. The molecule has 0 heterocycles. The van der Waals surface area contributed by atoms with Crippen molar-refractivity contribution in [3.05, 3.63) is 60.8 Å². The second-order valence-corrected chi connectivity index (χ2v) is 17.5. The summed E-state index contributed by atoms with van der Waals surface area (Å²) in [5.74, 6) is -0.814. The van der Waals surface area contributed by atoms with Crippen molar-refractivity contribution in [2.75, 3.05) is 47.5 Å². The van der Waals surface area contributed by atoms with E-state index in [-0.39, 0.29) is 32.0 Å². The molecule has 0 fully saturated rings. The highest BCUT2D eigenvalue weighted by molar-refractivity contribution is 7.47. The average Bonchev–Trinajstić information content (AvgIpc) is 3.16. The molecule has 0 aliphatic heterocycles. The molecule has 0 aromatic carbocycles. The number of phosphoric ester groups is 1. The standard InChI is InChI=1S/C47H84NO8P/c1-6-8-10-12-14-15-16-17-18-19-20-21-22-23-24-25-26-27-28-29-30-31-32-33-34-36-38-40-47(50)56-45(43-53-46(49)39-37-35-13-11-9-7-2)44-55-57(51,52)54-42-41-48(3,4)5/h8,10,14-15,17-18,20-21,23-24,45H,6-7,9,11-13,16,19,22,25-44H2,1-5H3/p+1/b10-8-,15-14-,18-17-,21-20-,24-23-. The number of hydrogen-bond acceptors (Lipinski definition) is 7. The summed E-state index contributed by atoms with van der Waals surface area (Å²) in [7, 11) is 1.47. The van der Waals surface area contributed by atoms with Crippen LogP contribution in [-0.2, 0) is 32.7 Å². The van der Waals surface area contributed by atoms with Crippen LogP contribution in [0.3, 0.4) is 0 Å². The van der Waals surface area contributed by atoms with Crippen LogP contribution in [0.1, 0.15) is 174 Å². The van der Waals surface area contributed by atoms with Gasteiger partial charge < -0.3 is 18.9 Å². The third-order valence-electron chi connectivity index (χ3n) is 9.31. The van der Waals surface area contributed by atoms with Gasteiger partial charge in [0.1, 0.15) is 19.8 Å². The lowest BCUT2D eigenvalue weighted by atomic mass is 10.0. The Labute approximate surface area is 349 Å². The minimum absolute atomic E-state index is 0.0297. The Balaban J connectivity index is 4.10. The first kappa shape index (κ1) is 54.7. The van der Waals surface area contributed by atoms with E-state index in [2.05, 4.69) is 74.6 Å². The molecule has 9 nitrogen and oxygen atoms in total. The Bertz CT molecular complexity index is 1160. The molecule has 0 aliphatic rings. The predicted octanol–water partition coefficient (Wildman–Crippen LogP) is 12.9. The number of hydrogen-bond donors (Lipinski definition) is 1. The Hall–Kier alpha value is -2.29. The fourth-order valence-electron chi connectivity index (χ4n) is 5.80. The van der Waals surface area contributed by atoms with E-state index in [1.165, 1.54) is 64.2 Å². The van der Waals surface area contributed by atoms with E-state index < -0.39 is 26.5 Å². The number of quaternary nitrogens is 1. The van der Waals surface area contributed by atoms with Crippen molar-refractivity contribution in [2.45, 2.75) is 180 Å². The highest BCUT2D eigenvalue weighted by Crippen LogP contribution is 2.43. The van der Waals surface area contributed by atoms with Crippen molar-refractivity contribution < 1.29 is 42.1 Å². The third-order valence-corrected chi connectivity index (χ3v) is 10.3. The molecule has 0 aliphatic carbocycles. The molecular weight excluding hydrogens is 737 g/mol. The first-order valence-electron chi connectivity index (χ1n) is 22.5. The molecule has 0 saturated heterocycles. The van der Waals surface area contributed by atoms with Crippen molar-refractivity contribution in [3.8, 4) is 0 Å². The molecule has 1 N–H and O–H groups in total. The van der Waals surface area contributed by atoms with Gasteiger partial charge in [0, 0.05) is 12.8 Å². The number of unbranched alkanes of at least 4 members (excludes halogenated alkanes) is 16. The van der Waals surface area contributed by atoms with Crippen molar-refractivity contribution in [1.29, 1.82) is 0 Å². The number of rotatable bonds is 40. The maximum absolute atomic E-state index is 12.7. The molecule has 0 rings (SSSR count). The average molecular weight is 823 g/mol. The van der Waals surface area contributed by atoms with Gasteiger partial charge in [0.05, 0.1) is 27.7 Å². The number of likely N-dealkylation sites (N-methyl/N-ethyl adjacent to an activating group) is 1. The van der Waals surface area contributed by atoms with E-state index in [9.17, 15) is 19.0 Å². The minimum atomic E-state index is -4.37. The first-order chi connectivity index (χ1) is 27.5.